The van der Waals surface area contributed by atoms with Crippen LogP contribution in [-0.2, 0) is 4.79 Å². The summed E-state index contributed by atoms with van der Waals surface area (Å²) in [5.41, 5.74) is 3.00. The van der Waals surface area contributed by atoms with Gasteiger partial charge in [-0.3, -0.25) is 9.80 Å². The van der Waals surface area contributed by atoms with Gasteiger partial charge in [-0.05, 0) is 12.8 Å². The van der Waals surface area contributed by atoms with Crippen molar-refractivity contribution < 1.29 is 4.79 Å². The first-order chi connectivity index (χ1) is 4.84. The fourth-order valence-corrected chi connectivity index (χ4v) is 0.997. The van der Waals surface area contributed by atoms with Crippen LogP contribution in [0.2, 0.25) is 0 Å². The van der Waals surface area contributed by atoms with Gasteiger partial charge in [-0.15, -0.1) is 0 Å². The molecule has 1 aliphatic heterocycles. The molecule has 1 aliphatic rings. The zero-order valence-electron chi connectivity index (χ0n) is 6.26. The molecule has 10 heavy (non-hydrogen) atoms. The van der Waals surface area contributed by atoms with Gasteiger partial charge in [0.05, 0.1) is 6.54 Å². The van der Waals surface area contributed by atoms with Crippen molar-refractivity contribution >= 4 is 5.91 Å². The fourth-order valence-electron chi connectivity index (χ4n) is 0.997. The number of carbonyl (C=O) groups is 1. The quantitative estimate of drug-likeness (QED) is 0.613. The zero-order chi connectivity index (χ0) is 7.40. The van der Waals surface area contributed by atoms with Gasteiger partial charge in [0.1, 0.15) is 0 Å². The van der Waals surface area contributed by atoms with E-state index in [0.717, 1.165) is 19.4 Å². The standard InChI is InChI=1S/C7H13N2O/c1-2-6-9-7(10)4-3-5-8-9/h6,8H,2-5H2,1H3. The van der Waals surface area contributed by atoms with E-state index in [1.54, 1.807) is 5.01 Å². The summed E-state index contributed by atoms with van der Waals surface area (Å²) in [5, 5.41) is 1.60. The Bertz CT molecular complexity index is 123. The first-order valence-electron chi connectivity index (χ1n) is 3.73. The van der Waals surface area contributed by atoms with Gasteiger partial charge in [-0.25, -0.2) is 5.43 Å². The van der Waals surface area contributed by atoms with Crippen molar-refractivity contribution in [2.75, 3.05) is 6.54 Å². The lowest BCUT2D eigenvalue weighted by molar-refractivity contribution is -0.134. The Morgan fingerprint density at radius 1 is 1.80 bits per heavy atom. The highest BCUT2D eigenvalue weighted by atomic mass is 16.2. The summed E-state index contributed by atoms with van der Waals surface area (Å²) in [6, 6.07) is 0. The molecule has 0 bridgehead atoms. The smallest absolute Gasteiger partial charge is 0.237 e. The number of hydrogen-bond acceptors (Lipinski definition) is 2. The first kappa shape index (κ1) is 7.54. The second-order valence-electron chi connectivity index (χ2n) is 2.37. The van der Waals surface area contributed by atoms with Crippen LogP contribution in [0, 0.1) is 6.54 Å². The van der Waals surface area contributed by atoms with Gasteiger partial charge < -0.3 is 0 Å². The topological polar surface area (TPSA) is 32.3 Å². The number of hydrogen-bond donors (Lipinski definition) is 1. The Hall–Kier alpha value is -0.570. The molecule has 1 heterocycles. The molecule has 3 heteroatoms. The van der Waals surface area contributed by atoms with E-state index in [9.17, 15) is 4.79 Å². The highest BCUT2D eigenvalue weighted by molar-refractivity contribution is 5.76. The average Bonchev–Trinajstić information content (AvgIpc) is 1.94. The summed E-state index contributed by atoms with van der Waals surface area (Å²) in [6.45, 7) is 4.81. The summed E-state index contributed by atoms with van der Waals surface area (Å²) >= 11 is 0. The Labute approximate surface area is 61.4 Å². The summed E-state index contributed by atoms with van der Waals surface area (Å²) in [6.07, 6.45) is 2.55. The highest BCUT2D eigenvalue weighted by Crippen LogP contribution is 2.04. The first-order valence-corrected chi connectivity index (χ1v) is 3.73. The molecule has 0 saturated carbocycles. The second-order valence-corrected chi connectivity index (χ2v) is 2.37. The van der Waals surface area contributed by atoms with Crippen LogP contribution in [0.3, 0.4) is 0 Å². The maximum absolute atomic E-state index is 11.0. The largest absolute Gasteiger partial charge is 0.273 e. The molecule has 1 N–H and O–H groups in total. The molecule has 1 radical (unpaired) electrons. The molecule has 1 fully saturated rings. The van der Waals surface area contributed by atoms with Crippen LogP contribution in [0.4, 0.5) is 0 Å². The van der Waals surface area contributed by atoms with Gasteiger partial charge in [-0.1, -0.05) is 6.92 Å². The van der Waals surface area contributed by atoms with E-state index in [2.05, 4.69) is 5.43 Å². The Balaban J connectivity index is 2.32. The molecular formula is C7H13N2O. The minimum absolute atomic E-state index is 0.188. The van der Waals surface area contributed by atoms with Crippen molar-refractivity contribution in [3.05, 3.63) is 6.54 Å². The lowest BCUT2D eigenvalue weighted by Gasteiger charge is -2.26. The summed E-state index contributed by atoms with van der Waals surface area (Å²) < 4.78 is 0. The molecule has 0 unspecified atom stereocenters. The summed E-state index contributed by atoms with van der Waals surface area (Å²) in [4.78, 5) is 11.0. The van der Waals surface area contributed by atoms with Crippen LogP contribution in [0.5, 0.6) is 0 Å². The van der Waals surface area contributed by atoms with Crippen LogP contribution in [-0.4, -0.2) is 17.5 Å². The zero-order valence-corrected chi connectivity index (χ0v) is 6.26. The predicted octanol–water partition coefficient (Wildman–Crippen LogP) is 0.685. The molecule has 1 amide bonds. The molecule has 0 aromatic rings. The van der Waals surface area contributed by atoms with Crippen LogP contribution >= 0.6 is 0 Å². The van der Waals surface area contributed by atoms with E-state index in [4.69, 9.17) is 0 Å². The molecule has 0 aliphatic carbocycles. The lowest BCUT2D eigenvalue weighted by atomic mass is 10.2. The molecule has 0 atom stereocenters. The molecular weight excluding hydrogens is 128 g/mol. The molecule has 0 aromatic heterocycles. The SMILES string of the molecule is CC[CH]N1NCCCC1=O. The van der Waals surface area contributed by atoms with Gasteiger partial charge in [-0.2, -0.15) is 0 Å². The average molecular weight is 141 g/mol. The van der Waals surface area contributed by atoms with Crippen molar-refractivity contribution in [2.45, 2.75) is 26.2 Å². The molecule has 1 rings (SSSR count). The van der Waals surface area contributed by atoms with Crippen molar-refractivity contribution in [3.63, 3.8) is 0 Å². The summed E-state index contributed by atoms with van der Waals surface area (Å²) in [5.74, 6) is 0.188. The Morgan fingerprint density at radius 3 is 3.20 bits per heavy atom. The van der Waals surface area contributed by atoms with Gasteiger partial charge in [0.15, 0.2) is 0 Å². The maximum Gasteiger partial charge on any atom is 0.237 e. The Morgan fingerprint density at radius 2 is 2.60 bits per heavy atom. The van der Waals surface area contributed by atoms with Crippen LogP contribution in [0.25, 0.3) is 0 Å². The minimum Gasteiger partial charge on any atom is -0.273 e. The monoisotopic (exact) mass is 141 g/mol. The third-order valence-electron chi connectivity index (χ3n) is 1.48. The fraction of sp³-hybridized carbons (Fsp3) is 0.714. The minimum atomic E-state index is 0.188. The van der Waals surface area contributed by atoms with Gasteiger partial charge >= 0.3 is 0 Å². The third-order valence-corrected chi connectivity index (χ3v) is 1.48. The van der Waals surface area contributed by atoms with Crippen molar-refractivity contribution in [2.24, 2.45) is 0 Å². The van der Waals surface area contributed by atoms with Gasteiger partial charge in [0, 0.05) is 13.0 Å². The number of hydrazine groups is 1. The maximum atomic E-state index is 11.0. The van der Waals surface area contributed by atoms with Gasteiger partial charge in [0.2, 0.25) is 5.91 Å². The van der Waals surface area contributed by atoms with E-state index in [-0.39, 0.29) is 5.91 Å². The van der Waals surface area contributed by atoms with E-state index in [1.165, 1.54) is 0 Å². The summed E-state index contributed by atoms with van der Waals surface area (Å²) in [7, 11) is 0. The molecule has 0 spiro atoms. The highest BCUT2D eigenvalue weighted by Gasteiger charge is 2.15. The number of nitrogens with one attached hydrogen (secondary N) is 1. The lowest BCUT2D eigenvalue weighted by Crippen LogP contribution is -2.45. The molecule has 1 saturated heterocycles. The van der Waals surface area contributed by atoms with E-state index < -0.39 is 0 Å². The van der Waals surface area contributed by atoms with E-state index >= 15 is 0 Å². The van der Waals surface area contributed by atoms with Crippen molar-refractivity contribution in [1.82, 2.24) is 10.4 Å². The second kappa shape index (κ2) is 3.56. The number of rotatable bonds is 2. The van der Waals surface area contributed by atoms with Crippen LogP contribution in [0.15, 0.2) is 0 Å². The molecule has 3 nitrogen and oxygen atoms in total. The number of carbonyl (C=O) groups excluding carboxylic acids is 1. The molecule has 57 valence electrons. The predicted molar refractivity (Wildman–Crippen MR) is 38.7 cm³/mol. The normalized spacial score (nSPS) is 19.7. The van der Waals surface area contributed by atoms with E-state index in [1.807, 2.05) is 13.5 Å². The van der Waals surface area contributed by atoms with Crippen molar-refractivity contribution in [3.8, 4) is 0 Å². The van der Waals surface area contributed by atoms with E-state index in [0.29, 0.717) is 6.42 Å². The van der Waals surface area contributed by atoms with Gasteiger partial charge in [0.25, 0.3) is 0 Å². The van der Waals surface area contributed by atoms with Crippen molar-refractivity contribution in [1.29, 1.82) is 0 Å². The molecule has 0 aromatic carbocycles. The number of nitrogens with zero attached hydrogens (tertiary/aromatic N) is 1. The third kappa shape index (κ3) is 1.70. The van der Waals surface area contributed by atoms with Crippen LogP contribution < -0.4 is 5.43 Å². The number of amides is 1. The van der Waals surface area contributed by atoms with Crippen LogP contribution in [0.1, 0.15) is 26.2 Å². The Kier molecular flexibility index (Phi) is 2.68.